The second kappa shape index (κ2) is 4.21. The van der Waals surface area contributed by atoms with Gasteiger partial charge in [0.25, 0.3) is 0 Å². The van der Waals surface area contributed by atoms with Crippen LogP contribution >= 0.6 is 0 Å². The molecule has 2 atom stereocenters. The van der Waals surface area contributed by atoms with Crippen molar-refractivity contribution in [1.82, 2.24) is 4.90 Å². The van der Waals surface area contributed by atoms with Crippen molar-refractivity contribution in [1.29, 1.82) is 0 Å². The molecule has 0 aliphatic carbocycles. The Hall–Kier alpha value is -0.120. The molecule has 1 aliphatic rings. The molecule has 0 bridgehead atoms. The van der Waals surface area contributed by atoms with Gasteiger partial charge in [-0.25, -0.2) is 0 Å². The summed E-state index contributed by atoms with van der Waals surface area (Å²) in [4.78, 5) is 2.37. The molecule has 0 saturated carbocycles. The van der Waals surface area contributed by atoms with Gasteiger partial charge in [0.2, 0.25) is 0 Å². The molecule has 1 saturated heterocycles. The van der Waals surface area contributed by atoms with Crippen LogP contribution in [0.3, 0.4) is 0 Å². The maximum absolute atomic E-state index is 9.51. The minimum absolute atomic E-state index is 0.0197. The van der Waals surface area contributed by atoms with Gasteiger partial charge in [0.05, 0.1) is 6.10 Å². The minimum Gasteiger partial charge on any atom is -0.391 e. The van der Waals surface area contributed by atoms with E-state index in [4.69, 9.17) is 5.73 Å². The fourth-order valence-corrected chi connectivity index (χ4v) is 1.65. The molecule has 0 radical (unpaired) electrons. The number of aliphatic hydroxyl groups excluding tert-OH is 1. The lowest BCUT2D eigenvalue weighted by molar-refractivity contribution is 0.135. The van der Waals surface area contributed by atoms with Crippen molar-refractivity contribution in [2.75, 3.05) is 13.1 Å². The molecule has 3 nitrogen and oxygen atoms in total. The van der Waals surface area contributed by atoms with Crippen LogP contribution in [-0.2, 0) is 0 Å². The molecule has 1 fully saturated rings. The van der Waals surface area contributed by atoms with E-state index >= 15 is 0 Å². The number of rotatable bonds is 1. The highest BCUT2D eigenvalue weighted by Crippen LogP contribution is 2.12. The molecule has 72 valence electrons. The standard InChI is InChI=1S/C9H20N2O/c1-7(2)11-5-3-8(10)9(12)4-6-11/h7-9,12H,3-6,10H2,1-2H3. The number of hydrogen-bond donors (Lipinski definition) is 2. The van der Waals surface area contributed by atoms with Gasteiger partial charge in [-0.1, -0.05) is 0 Å². The molecular weight excluding hydrogens is 152 g/mol. The van der Waals surface area contributed by atoms with Crippen molar-refractivity contribution < 1.29 is 5.11 Å². The van der Waals surface area contributed by atoms with Gasteiger partial charge in [-0.3, -0.25) is 0 Å². The quantitative estimate of drug-likeness (QED) is 0.593. The van der Waals surface area contributed by atoms with Gasteiger partial charge in [0.1, 0.15) is 0 Å². The molecule has 2 unspecified atom stereocenters. The van der Waals surface area contributed by atoms with Crippen molar-refractivity contribution >= 4 is 0 Å². The van der Waals surface area contributed by atoms with Crippen LogP contribution in [0.5, 0.6) is 0 Å². The summed E-state index contributed by atoms with van der Waals surface area (Å²) in [5, 5.41) is 9.51. The molecule has 3 N–H and O–H groups in total. The Morgan fingerprint density at radius 3 is 2.50 bits per heavy atom. The Balaban J connectivity index is 2.44. The highest BCUT2D eigenvalue weighted by atomic mass is 16.3. The molecule has 0 aromatic heterocycles. The third kappa shape index (κ3) is 2.44. The van der Waals surface area contributed by atoms with Gasteiger partial charge in [0, 0.05) is 18.6 Å². The smallest absolute Gasteiger partial charge is 0.0703 e. The maximum Gasteiger partial charge on any atom is 0.0703 e. The Kier molecular flexibility index (Phi) is 3.50. The SMILES string of the molecule is CC(C)N1CCC(N)C(O)CC1. The lowest BCUT2D eigenvalue weighted by Gasteiger charge is -2.23. The van der Waals surface area contributed by atoms with Crippen LogP contribution in [0.4, 0.5) is 0 Å². The number of aliphatic hydroxyl groups is 1. The third-order valence-corrected chi connectivity index (χ3v) is 2.69. The normalized spacial score (nSPS) is 33.8. The molecule has 0 amide bonds. The second-order valence-corrected chi connectivity index (χ2v) is 3.94. The first-order chi connectivity index (χ1) is 5.61. The highest BCUT2D eigenvalue weighted by Gasteiger charge is 2.22. The Labute approximate surface area is 74.5 Å². The van der Waals surface area contributed by atoms with Crippen molar-refractivity contribution in [3.05, 3.63) is 0 Å². The van der Waals surface area contributed by atoms with E-state index in [2.05, 4.69) is 18.7 Å². The highest BCUT2D eigenvalue weighted by molar-refractivity contribution is 4.80. The largest absolute Gasteiger partial charge is 0.391 e. The van der Waals surface area contributed by atoms with Crippen molar-refractivity contribution in [2.24, 2.45) is 5.73 Å². The van der Waals surface area contributed by atoms with Gasteiger partial charge in [-0.05, 0) is 33.2 Å². The predicted octanol–water partition coefficient (Wildman–Crippen LogP) is 0.179. The molecule has 3 heteroatoms. The van der Waals surface area contributed by atoms with E-state index in [0.717, 1.165) is 25.9 Å². The Bertz CT molecular complexity index is 126. The van der Waals surface area contributed by atoms with E-state index in [9.17, 15) is 5.11 Å². The molecule has 12 heavy (non-hydrogen) atoms. The maximum atomic E-state index is 9.51. The van der Waals surface area contributed by atoms with Gasteiger partial charge in [-0.2, -0.15) is 0 Å². The second-order valence-electron chi connectivity index (χ2n) is 3.94. The first kappa shape index (κ1) is 9.96. The van der Waals surface area contributed by atoms with E-state index in [1.807, 2.05) is 0 Å². The van der Waals surface area contributed by atoms with Crippen molar-refractivity contribution in [3.63, 3.8) is 0 Å². The summed E-state index contributed by atoms with van der Waals surface area (Å²) in [6.45, 7) is 6.37. The lowest BCUT2D eigenvalue weighted by atomic mass is 10.1. The summed E-state index contributed by atoms with van der Waals surface area (Å²) in [6.07, 6.45) is 1.44. The summed E-state index contributed by atoms with van der Waals surface area (Å²) in [5.74, 6) is 0. The van der Waals surface area contributed by atoms with Crippen LogP contribution in [0.2, 0.25) is 0 Å². The summed E-state index contributed by atoms with van der Waals surface area (Å²) in [5.41, 5.74) is 5.76. The molecule has 0 spiro atoms. The van der Waals surface area contributed by atoms with Gasteiger partial charge >= 0.3 is 0 Å². The average Bonchev–Trinajstić information content (AvgIpc) is 2.16. The molecule has 1 heterocycles. The van der Waals surface area contributed by atoms with Gasteiger partial charge < -0.3 is 15.7 Å². The Morgan fingerprint density at radius 2 is 1.92 bits per heavy atom. The van der Waals surface area contributed by atoms with E-state index in [0.29, 0.717) is 6.04 Å². The molecule has 0 aromatic rings. The fourth-order valence-electron chi connectivity index (χ4n) is 1.65. The third-order valence-electron chi connectivity index (χ3n) is 2.69. The lowest BCUT2D eigenvalue weighted by Crippen LogP contribution is -2.34. The molecular formula is C9H20N2O. The van der Waals surface area contributed by atoms with E-state index in [1.54, 1.807) is 0 Å². The number of hydrogen-bond acceptors (Lipinski definition) is 3. The topological polar surface area (TPSA) is 49.5 Å². The Morgan fingerprint density at radius 1 is 1.33 bits per heavy atom. The van der Waals surface area contributed by atoms with E-state index < -0.39 is 0 Å². The summed E-state index contributed by atoms with van der Waals surface area (Å²) < 4.78 is 0. The van der Waals surface area contributed by atoms with Crippen LogP contribution in [0.25, 0.3) is 0 Å². The predicted molar refractivity (Wildman–Crippen MR) is 49.9 cm³/mol. The summed E-state index contributed by atoms with van der Waals surface area (Å²) >= 11 is 0. The number of likely N-dealkylation sites (tertiary alicyclic amines) is 1. The van der Waals surface area contributed by atoms with E-state index in [1.165, 1.54) is 0 Å². The van der Waals surface area contributed by atoms with Crippen LogP contribution < -0.4 is 5.73 Å². The first-order valence-electron chi connectivity index (χ1n) is 4.79. The zero-order valence-corrected chi connectivity index (χ0v) is 8.03. The summed E-state index contributed by atoms with van der Waals surface area (Å²) in [7, 11) is 0. The van der Waals surface area contributed by atoms with Crippen molar-refractivity contribution in [2.45, 2.75) is 44.9 Å². The van der Waals surface area contributed by atoms with Gasteiger partial charge in [-0.15, -0.1) is 0 Å². The van der Waals surface area contributed by atoms with Gasteiger partial charge in [0.15, 0.2) is 0 Å². The molecule has 0 aromatic carbocycles. The molecule has 1 aliphatic heterocycles. The fraction of sp³-hybridized carbons (Fsp3) is 1.00. The first-order valence-corrected chi connectivity index (χ1v) is 4.79. The van der Waals surface area contributed by atoms with Crippen molar-refractivity contribution in [3.8, 4) is 0 Å². The van der Waals surface area contributed by atoms with E-state index in [-0.39, 0.29) is 12.1 Å². The minimum atomic E-state index is -0.297. The van der Waals surface area contributed by atoms with Crippen LogP contribution in [-0.4, -0.2) is 41.3 Å². The van der Waals surface area contributed by atoms with Crippen LogP contribution in [0.1, 0.15) is 26.7 Å². The monoisotopic (exact) mass is 172 g/mol. The van der Waals surface area contributed by atoms with Crippen LogP contribution in [0.15, 0.2) is 0 Å². The average molecular weight is 172 g/mol. The zero-order valence-electron chi connectivity index (χ0n) is 8.03. The number of nitrogens with two attached hydrogens (primary N) is 1. The van der Waals surface area contributed by atoms with Crippen LogP contribution in [0, 0.1) is 0 Å². The molecule has 1 rings (SSSR count). The summed E-state index contributed by atoms with van der Waals surface area (Å²) in [6, 6.07) is 0.552. The zero-order chi connectivity index (χ0) is 9.14. The number of nitrogens with zero attached hydrogens (tertiary/aromatic N) is 1.